The van der Waals surface area contributed by atoms with Crippen molar-refractivity contribution in [1.29, 1.82) is 0 Å². The van der Waals surface area contributed by atoms with Gasteiger partial charge in [0, 0.05) is 36.7 Å². The van der Waals surface area contributed by atoms with Crippen molar-refractivity contribution in [2.75, 3.05) is 20.3 Å². The van der Waals surface area contributed by atoms with Gasteiger partial charge in [-0.15, -0.1) is 0 Å². The molecule has 1 atom stereocenters. The van der Waals surface area contributed by atoms with Crippen LogP contribution in [0.4, 0.5) is 0 Å². The number of amides is 1. The summed E-state index contributed by atoms with van der Waals surface area (Å²) in [5.41, 5.74) is 0.527. The minimum Gasteiger partial charge on any atom is -0.388 e. The molecule has 5 heteroatoms. The molecule has 2 N–H and O–H groups in total. The molecule has 1 amide bonds. The van der Waals surface area contributed by atoms with Gasteiger partial charge < -0.3 is 15.2 Å². The predicted molar refractivity (Wildman–Crippen MR) is 78.3 cm³/mol. The Labute approximate surface area is 122 Å². The van der Waals surface area contributed by atoms with E-state index in [0.29, 0.717) is 18.6 Å². The summed E-state index contributed by atoms with van der Waals surface area (Å²) in [4.78, 5) is 12.1. The maximum Gasteiger partial charge on any atom is 0.251 e. The predicted octanol–water partition coefficient (Wildman–Crippen LogP) is 2.27. The van der Waals surface area contributed by atoms with E-state index in [9.17, 15) is 9.90 Å². The van der Waals surface area contributed by atoms with Crippen molar-refractivity contribution in [3.63, 3.8) is 0 Å². The van der Waals surface area contributed by atoms with E-state index >= 15 is 0 Å². The average Bonchev–Trinajstić information content (AvgIpc) is 2.37. The fourth-order valence-electron chi connectivity index (χ4n) is 1.63. The van der Waals surface area contributed by atoms with E-state index in [1.54, 1.807) is 20.1 Å². The van der Waals surface area contributed by atoms with E-state index in [0.717, 1.165) is 10.0 Å². The summed E-state index contributed by atoms with van der Waals surface area (Å²) < 4.78 is 5.82. The lowest BCUT2D eigenvalue weighted by atomic mass is 10.0. The monoisotopic (exact) mass is 329 g/mol. The number of carbonyl (C=O) groups excluding carboxylic acids is 1. The molecule has 0 spiro atoms. The average molecular weight is 330 g/mol. The van der Waals surface area contributed by atoms with Crippen LogP contribution in [0.15, 0.2) is 22.7 Å². The maximum absolute atomic E-state index is 12.1. The number of benzene rings is 1. The second kappa shape index (κ2) is 7.03. The lowest BCUT2D eigenvalue weighted by Crippen LogP contribution is -2.41. The van der Waals surface area contributed by atoms with Crippen LogP contribution in [0.3, 0.4) is 0 Å². The maximum atomic E-state index is 12.1. The first kappa shape index (κ1) is 16.1. The fourth-order valence-corrected chi connectivity index (χ4v) is 2.00. The Bertz CT molecular complexity index is 446. The van der Waals surface area contributed by atoms with E-state index in [4.69, 9.17) is 4.74 Å². The van der Waals surface area contributed by atoms with Crippen LogP contribution in [0, 0.1) is 6.92 Å². The van der Waals surface area contributed by atoms with Gasteiger partial charge in [0.15, 0.2) is 0 Å². The van der Waals surface area contributed by atoms with Crippen LogP contribution < -0.4 is 5.32 Å². The van der Waals surface area contributed by atoms with Crippen molar-refractivity contribution in [2.24, 2.45) is 0 Å². The number of ether oxygens (including phenoxy) is 1. The molecule has 0 saturated carbocycles. The largest absolute Gasteiger partial charge is 0.388 e. The number of carbonyl (C=O) groups is 1. The van der Waals surface area contributed by atoms with Gasteiger partial charge in [0.25, 0.3) is 5.91 Å². The van der Waals surface area contributed by atoms with Crippen LogP contribution >= 0.6 is 15.9 Å². The molecule has 19 heavy (non-hydrogen) atoms. The van der Waals surface area contributed by atoms with Crippen LogP contribution in [0.2, 0.25) is 0 Å². The summed E-state index contributed by atoms with van der Waals surface area (Å²) in [5.74, 6) is -0.184. The minimum atomic E-state index is -0.967. The highest BCUT2D eigenvalue weighted by Gasteiger charge is 2.21. The molecule has 1 aromatic carbocycles. The minimum absolute atomic E-state index is 0.184. The SMILES string of the molecule is COCCC(C)(O)CNC(=O)c1cccc(Br)c1C. The smallest absolute Gasteiger partial charge is 0.251 e. The molecule has 0 aliphatic heterocycles. The highest BCUT2D eigenvalue weighted by molar-refractivity contribution is 9.10. The molecule has 106 valence electrons. The third kappa shape index (κ3) is 4.93. The summed E-state index contributed by atoms with van der Waals surface area (Å²) in [6.07, 6.45) is 0.473. The van der Waals surface area contributed by atoms with Gasteiger partial charge in [-0.3, -0.25) is 4.79 Å². The summed E-state index contributed by atoms with van der Waals surface area (Å²) in [6.45, 7) is 4.21. The molecule has 0 fully saturated rings. The van der Waals surface area contributed by atoms with Crippen LogP contribution in [0.25, 0.3) is 0 Å². The van der Waals surface area contributed by atoms with Gasteiger partial charge in [0.05, 0.1) is 5.60 Å². The van der Waals surface area contributed by atoms with E-state index < -0.39 is 5.60 Å². The lowest BCUT2D eigenvalue weighted by molar-refractivity contribution is 0.0243. The molecule has 1 rings (SSSR count). The molecule has 1 aromatic rings. The Balaban J connectivity index is 2.63. The number of methoxy groups -OCH3 is 1. The molecule has 4 nitrogen and oxygen atoms in total. The lowest BCUT2D eigenvalue weighted by Gasteiger charge is -2.23. The van der Waals surface area contributed by atoms with Crippen LogP contribution in [0.1, 0.15) is 29.3 Å². The van der Waals surface area contributed by atoms with Crippen molar-refractivity contribution < 1.29 is 14.6 Å². The third-order valence-corrected chi connectivity index (χ3v) is 3.85. The van der Waals surface area contributed by atoms with E-state index in [2.05, 4.69) is 21.2 Å². The van der Waals surface area contributed by atoms with Crippen molar-refractivity contribution in [2.45, 2.75) is 25.9 Å². The zero-order chi connectivity index (χ0) is 14.5. The molecule has 0 bridgehead atoms. The number of halogens is 1. The third-order valence-electron chi connectivity index (χ3n) is 2.99. The number of nitrogens with one attached hydrogen (secondary N) is 1. The van der Waals surface area contributed by atoms with Crippen molar-refractivity contribution >= 4 is 21.8 Å². The zero-order valence-corrected chi connectivity index (χ0v) is 13.1. The van der Waals surface area contributed by atoms with Crippen molar-refractivity contribution in [3.8, 4) is 0 Å². The topological polar surface area (TPSA) is 58.6 Å². The Hall–Kier alpha value is -0.910. The van der Waals surface area contributed by atoms with Gasteiger partial charge in [-0.05, 0) is 31.5 Å². The van der Waals surface area contributed by atoms with Gasteiger partial charge in [-0.25, -0.2) is 0 Å². The molecule has 0 radical (unpaired) electrons. The van der Waals surface area contributed by atoms with E-state index in [1.165, 1.54) is 0 Å². The normalized spacial score (nSPS) is 13.9. The number of rotatable bonds is 6. The summed E-state index contributed by atoms with van der Waals surface area (Å²) >= 11 is 3.39. The van der Waals surface area contributed by atoms with Crippen LogP contribution in [-0.2, 0) is 4.74 Å². The Kier molecular flexibility index (Phi) is 5.97. The van der Waals surface area contributed by atoms with Crippen LogP contribution in [0.5, 0.6) is 0 Å². The van der Waals surface area contributed by atoms with Gasteiger partial charge in [0.1, 0.15) is 0 Å². The summed E-state index contributed by atoms with van der Waals surface area (Å²) in [6, 6.07) is 5.47. The first-order chi connectivity index (χ1) is 8.87. The highest BCUT2D eigenvalue weighted by Crippen LogP contribution is 2.19. The van der Waals surface area contributed by atoms with Crippen LogP contribution in [-0.4, -0.2) is 36.9 Å². The zero-order valence-electron chi connectivity index (χ0n) is 11.5. The second-order valence-corrected chi connectivity index (χ2v) is 5.69. The fraction of sp³-hybridized carbons (Fsp3) is 0.500. The van der Waals surface area contributed by atoms with Gasteiger partial charge >= 0.3 is 0 Å². The van der Waals surface area contributed by atoms with Crippen molar-refractivity contribution in [1.82, 2.24) is 5.32 Å². The van der Waals surface area contributed by atoms with Gasteiger partial charge in [-0.1, -0.05) is 22.0 Å². The van der Waals surface area contributed by atoms with Crippen molar-refractivity contribution in [3.05, 3.63) is 33.8 Å². The first-order valence-electron chi connectivity index (χ1n) is 6.12. The summed E-state index contributed by atoms with van der Waals surface area (Å²) in [7, 11) is 1.58. The standard InChI is InChI=1S/C14H20BrNO3/c1-10-11(5-4-6-12(10)15)13(17)16-9-14(2,18)7-8-19-3/h4-6,18H,7-9H2,1-3H3,(H,16,17). The second-order valence-electron chi connectivity index (χ2n) is 4.83. The number of hydrogen-bond donors (Lipinski definition) is 2. The Morgan fingerprint density at radius 3 is 2.84 bits per heavy atom. The van der Waals surface area contributed by atoms with Gasteiger partial charge in [-0.2, -0.15) is 0 Å². The molecular formula is C14H20BrNO3. The molecule has 0 aliphatic carbocycles. The molecule has 0 aliphatic rings. The van der Waals surface area contributed by atoms with E-state index in [1.807, 2.05) is 19.1 Å². The molecule has 0 heterocycles. The first-order valence-corrected chi connectivity index (χ1v) is 6.91. The quantitative estimate of drug-likeness (QED) is 0.841. The molecule has 1 unspecified atom stereocenters. The number of aliphatic hydroxyl groups is 1. The Morgan fingerprint density at radius 1 is 1.53 bits per heavy atom. The Morgan fingerprint density at radius 2 is 2.21 bits per heavy atom. The van der Waals surface area contributed by atoms with E-state index in [-0.39, 0.29) is 12.5 Å². The van der Waals surface area contributed by atoms with Gasteiger partial charge in [0.2, 0.25) is 0 Å². The summed E-state index contributed by atoms with van der Waals surface area (Å²) in [5, 5.41) is 12.8. The molecule has 0 aromatic heterocycles. The molecule has 0 saturated heterocycles. The highest BCUT2D eigenvalue weighted by atomic mass is 79.9. The number of hydrogen-bond acceptors (Lipinski definition) is 3. The molecular weight excluding hydrogens is 310 g/mol.